The summed E-state index contributed by atoms with van der Waals surface area (Å²) in [4.78, 5) is 46.7. The lowest BCUT2D eigenvalue weighted by Crippen LogP contribution is -2.69. The fourth-order valence-corrected chi connectivity index (χ4v) is 17.6. The Hall–Kier alpha value is -1.34. The molecule has 0 amide bonds. The second kappa shape index (κ2) is 15.7. The van der Waals surface area contributed by atoms with Gasteiger partial charge in [0, 0.05) is 43.1 Å². The minimum atomic E-state index is -4.39. The molecule has 0 aromatic heterocycles. The van der Waals surface area contributed by atoms with E-state index < -0.39 is 35.9 Å². The summed E-state index contributed by atoms with van der Waals surface area (Å²) in [7, 11) is -7.52. The lowest BCUT2D eigenvalue weighted by molar-refractivity contribution is -0.246. The number of carboxylic acid groups (broad SMARTS) is 1. The van der Waals surface area contributed by atoms with Crippen LogP contribution in [0.25, 0.3) is 0 Å². The number of allylic oxidation sites excluding steroid dienone is 1. The first kappa shape index (κ1) is 46.6. The lowest BCUT2D eigenvalue weighted by atomic mass is 9.32. The highest BCUT2D eigenvalue weighted by Gasteiger charge is 2.71. The lowest BCUT2D eigenvalue weighted by Gasteiger charge is -2.73. The summed E-state index contributed by atoms with van der Waals surface area (Å²) in [6, 6.07) is -0.248. The molecule has 6 aliphatic carbocycles. The number of aliphatic carboxylic acids is 1. The number of carboxylic acids is 1. The molecule has 342 valence electrons. The van der Waals surface area contributed by atoms with Crippen LogP contribution < -0.4 is 5.32 Å². The molecule has 7 rings (SSSR count). The SMILES string of the molecule is C=C(C)[C@@H]1CC[C@]2(NC[C@H]([C@@H](C)OCP(=O)(O)O)N3CCS(=O)(=O)CC3)CC[C@]3(C)[C@H](CC[C@@H]4[C@@]5(C)CC[C@H](OC(=O)[C@H]6[C@@H](CC(=O)O)C6(C)C)C(C)(C)[C@@H]5CC[C@]43C)[C@@H]12. The monoisotopic (exact) mass is 881 g/mol. The van der Waals surface area contributed by atoms with E-state index in [2.05, 4.69) is 58.3 Å². The third-order valence-electron chi connectivity index (χ3n) is 19.5. The Balaban J connectivity index is 1.11. The first-order valence-electron chi connectivity index (χ1n) is 23.1. The third-order valence-corrected chi connectivity index (χ3v) is 21.6. The normalized spacial score (nSPS) is 43.9. The van der Waals surface area contributed by atoms with Crippen molar-refractivity contribution in [2.24, 2.45) is 68.5 Å². The molecular formula is C46H77N2O10PS. The zero-order valence-corrected chi connectivity index (χ0v) is 39.7. The Kier molecular flexibility index (Phi) is 12.2. The summed E-state index contributed by atoms with van der Waals surface area (Å²) in [6.45, 7) is 26.3. The van der Waals surface area contributed by atoms with Crippen LogP contribution in [0.1, 0.15) is 133 Å². The van der Waals surface area contributed by atoms with Crippen molar-refractivity contribution in [1.82, 2.24) is 10.2 Å². The summed E-state index contributed by atoms with van der Waals surface area (Å²) in [6.07, 6.45) is 9.20. The van der Waals surface area contributed by atoms with Crippen molar-refractivity contribution in [3.63, 3.8) is 0 Å². The Morgan fingerprint density at radius 3 is 2.17 bits per heavy atom. The number of carbonyl (C=O) groups excluding carboxylic acids is 1. The van der Waals surface area contributed by atoms with Crippen LogP contribution in [0.2, 0.25) is 0 Å². The van der Waals surface area contributed by atoms with Crippen molar-refractivity contribution in [2.75, 3.05) is 37.5 Å². The highest BCUT2D eigenvalue weighted by molar-refractivity contribution is 7.91. The zero-order valence-electron chi connectivity index (χ0n) is 38.0. The van der Waals surface area contributed by atoms with Gasteiger partial charge in [-0.25, -0.2) is 8.42 Å². The van der Waals surface area contributed by atoms with Crippen molar-refractivity contribution in [3.8, 4) is 0 Å². The standard InChI is InChI=1S/C46H77N2O10PS/c1-28(2)30-13-18-46(47-26-33(29(3)57-27-59(52,53)54)48-21-23-60(55,56)24-22-48)20-19-44(9)31(38(30)46)11-12-35-43(8)16-15-36(42(6,7)34(43)14-17-45(35,44)10)58-40(51)39-32(25-37(49)50)41(39,4)5/h29-36,38-39,47H,1,11-27H2,2-10H3,(H,49,50)(H2,52,53,54)/t29-,30+,31-,32-,33-,34+,35-,36+,38-,39-,43+,44-,45-,46+/m1/s1. The Morgan fingerprint density at radius 2 is 1.55 bits per heavy atom. The van der Waals surface area contributed by atoms with Gasteiger partial charge >= 0.3 is 19.5 Å². The van der Waals surface area contributed by atoms with Crippen molar-refractivity contribution in [2.45, 2.75) is 157 Å². The van der Waals surface area contributed by atoms with Crippen LogP contribution in [0.5, 0.6) is 0 Å². The van der Waals surface area contributed by atoms with Crippen LogP contribution in [0.3, 0.4) is 0 Å². The van der Waals surface area contributed by atoms with Gasteiger partial charge in [0.25, 0.3) is 0 Å². The maximum absolute atomic E-state index is 13.7. The number of sulfone groups is 1. The number of carbonyl (C=O) groups is 2. The number of nitrogens with one attached hydrogen (secondary N) is 1. The van der Waals surface area contributed by atoms with Crippen LogP contribution in [0.4, 0.5) is 0 Å². The molecule has 0 bridgehead atoms. The Labute approximate surface area is 360 Å². The summed E-state index contributed by atoms with van der Waals surface area (Å²) < 4.78 is 49.0. The highest BCUT2D eigenvalue weighted by Crippen LogP contribution is 2.76. The second-order valence-corrected chi connectivity index (χ2v) is 26.8. The average molecular weight is 881 g/mol. The largest absolute Gasteiger partial charge is 0.481 e. The van der Waals surface area contributed by atoms with E-state index in [0.29, 0.717) is 49.2 Å². The number of nitrogens with zero attached hydrogens (tertiary/aromatic N) is 1. The van der Waals surface area contributed by atoms with Gasteiger partial charge in [0.15, 0.2) is 9.84 Å². The highest BCUT2D eigenvalue weighted by atomic mass is 32.2. The first-order chi connectivity index (χ1) is 27.6. The fraction of sp³-hybridized carbons (Fsp3) is 0.913. The molecule has 1 saturated heterocycles. The van der Waals surface area contributed by atoms with E-state index in [9.17, 15) is 37.5 Å². The van der Waals surface area contributed by atoms with E-state index in [1.807, 2.05) is 20.8 Å². The molecule has 14 heteroatoms. The molecule has 6 saturated carbocycles. The van der Waals surface area contributed by atoms with Gasteiger partial charge < -0.3 is 29.7 Å². The number of fused-ring (bicyclic) bond motifs is 7. The van der Waals surface area contributed by atoms with Crippen molar-refractivity contribution in [3.05, 3.63) is 12.2 Å². The zero-order chi connectivity index (χ0) is 44.2. The van der Waals surface area contributed by atoms with Gasteiger partial charge in [-0.1, -0.05) is 60.6 Å². The molecule has 0 aromatic carbocycles. The first-order valence-corrected chi connectivity index (χ1v) is 26.7. The maximum Gasteiger partial charge on any atom is 0.350 e. The molecule has 1 aliphatic heterocycles. The molecule has 0 spiro atoms. The van der Waals surface area contributed by atoms with Crippen LogP contribution in [-0.2, 0) is 33.5 Å². The maximum atomic E-state index is 13.7. The van der Waals surface area contributed by atoms with Crippen LogP contribution in [0.15, 0.2) is 12.2 Å². The number of ether oxygens (including phenoxy) is 2. The molecule has 14 atom stereocenters. The summed E-state index contributed by atoms with van der Waals surface area (Å²) in [5.41, 5.74) is 0.835. The van der Waals surface area contributed by atoms with Crippen LogP contribution in [0, 0.1) is 68.5 Å². The quantitative estimate of drug-likeness (QED) is 0.0827. The molecule has 0 radical (unpaired) electrons. The van der Waals surface area contributed by atoms with Gasteiger partial charge in [0.2, 0.25) is 0 Å². The van der Waals surface area contributed by atoms with Crippen molar-refractivity contribution in [1.29, 1.82) is 0 Å². The van der Waals surface area contributed by atoms with E-state index in [4.69, 9.17) is 9.47 Å². The van der Waals surface area contributed by atoms with Crippen molar-refractivity contribution < 1.29 is 46.9 Å². The molecular weight excluding hydrogens is 804 g/mol. The molecule has 0 unspecified atom stereocenters. The van der Waals surface area contributed by atoms with Gasteiger partial charge in [-0.05, 0) is 135 Å². The number of hydrogen-bond donors (Lipinski definition) is 4. The van der Waals surface area contributed by atoms with Gasteiger partial charge in [-0.15, -0.1) is 0 Å². The topological polar surface area (TPSA) is 180 Å². The molecule has 12 nitrogen and oxygen atoms in total. The smallest absolute Gasteiger partial charge is 0.350 e. The Morgan fingerprint density at radius 1 is 0.883 bits per heavy atom. The Bertz CT molecular complexity index is 1850. The fourth-order valence-electron chi connectivity index (χ4n) is 15.9. The third kappa shape index (κ3) is 7.84. The van der Waals surface area contributed by atoms with E-state index in [0.717, 1.165) is 64.2 Å². The predicted molar refractivity (Wildman–Crippen MR) is 232 cm³/mol. The second-order valence-electron chi connectivity index (χ2n) is 22.9. The van der Waals surface area contributed by atoms with E-state index in [-0.39, 0.29) is 80.5 Å². The van der Waals surface area contributed by atoms with Gasteiger partial charge in [0.05, 0.1) is 23.5 Å². The van der Waals surface area contributed by atoms with E-state index >= 15 is 0 Å². The number of rotatable bonds is 13. The number of hydrogen-bond acceptors (Lipinski definition) is 9. The number of esters is 1. The van der Waals surface area contributed by atoms with Crippen molar-refractivity contribution >= 4 is 29.4 Å². The van der Waals surface area contributed by atoms with Gasteiger partial charge in [0.1, 0.15) is 12.5 Å². The minimum Gasteiger partial charge on any atom is -0.481 e. The molecule has 1 heterocycles. The molecule has 0 aromatic rings. The minimum absolute atomic E-state index is 0.00391. The predicted octanol–water partition coefficient (Wildman–Crippen LogP) is 7.28. The van der Waals surface area contributed by atoms with Crippen LogP contribution >= 0.6 is 7.60 Å². The van der Waals surface area contributed by atoms with E-state index in [1.165, 1.54) is 5.57 Å². The van der Waals surface area contributed by atoms with E-state index in [1.54, 1.807) is 0 Å². The molecule has 4 N–H and O–H groups in total. The van der Waals surface area contributed by atoms with Gasteiger partial charge in [-0.3, -0.25) is 19.1 Å². The summed E-state index contributed by atoms with van der Waals surface area (Å²) >= 11 is 0. The molecule has 60 heavy (non-hydrogen) atoms. The summed E-state index contributed by atoms with van der Waals surface area (Å²) in [5.74, 6) is 0.666. The van der Waals surface area contributed by atoms with Crippen LogP contribution in [-0.4, -0.2) is 101 Å². The summed E-state index contributed by atoms with van der Waals surface area (Å²) in [5, 5.41) is 13.6. The van der Waals surface area contributed by atoms with Gasteiger partial charge in [-0.2, -0.15) is 0 Å². The molecule has 7 aliphatic rings. The molecule has 7 fully saturated rings. The average Bonchev–Trinajstić information content (AvgIpc) is 3.45.